The molecule has 0 spiro atoms. The van der Waals surface area contributed by atoms with Crippen molar-refractivity contribution in [3.8, 4) is 11.3 Å². The van der Waals surface area contributed by atoms with Crippen LogP contribution < -0.4 is 0 Å². The van der Waals surface area contributed by atoms with E-state index >= 15 is 0 Å². The van der Waals surface area contributed by atoms with Gasteiger partial charge in [0.25, 0.3) is 0 Å². The third-order valence-electron chi connectivity index (χ3n) is 4.67. The Hall–Kier alpha value is -2.77. The Morgan fingerprint density at radius 2 is 1.92 bits per heavy atom. The maximum atomic E-state index is 12.7. The summed E-state index contributed by atoms with van der Waals surface area (Å²) in [6, 6.07) is 3.69. The van der Waals surface area contributed by atoms with Crippen LogP contribution in [0.2, 0.25) is 0 Å². The van der Waals surface area contributed by atoms with E-state index in [0.29, 0.717) is 5.56 Å². The molecular weight excluding hydrogens is 322 g/mol. The lowest BCUT2D eigenvalue weighted by atomic mass is 9.97. The van der Waals surface area contributed by atoms with Gasteiger partial charge in [0.05, 0.1) is 4.92 Å². The minimum Gasteiger partial charge on any atom is -0.336 e. The van der Waals surface area contributed by atoms with Gasteiger partial charge in [0.15, 0.2) is 5.69 Å². The van der Waals surface area contributed by atoms with E-state index in [-0.39, 0.29) is 35.9 Å². The maximum absolute atomic E-state index is 12.7. The van der Waals surface area contributed by atoms with Gasteiger partial charge in [-0.1, -0.05) is 0 Å². The summed E-state index contributed by atoms with van der Waals surface area (Å²) in [5.41, 5.74) is 0.742. The molecule has 1 fully saturated rings. The molecule has 8 nitrogen and oxygen atoms in total. The second-order valence-corrected chi connectivity index (χ2v) is 6.48. The first-order valence-corrected chi connectivity index (χ1v) is 8.40. The molecule has 1 amide bonds. The molecule has 132 valence electrons. The zero-order valence-corrected chi connectivity index (χ0v) is 14.3. The van der Waals surface area contributed by atoms with E-state index in [1.807, 2.05) is 18.7 Å². The smallest absolute Gasteiger partial charge is 0.314 e. The van der Waals surface area contributed by atoms with Crippen molar-refractivity contribution in [3.05, 3.63) is 40.8 Å². The Bertz CT molecular complexity index is 764. The van der Waals surface area contributed by atoms with Crippen LogP contribution >= 0.6 is 0 Å². The predicted octanol–water partition coefficient (Wildman–Crippen LogP) is 2.64. The number of carbonyl (C=O) groups excluding carboxylic acids is 1. The molecule has 0 unspecified atom stereocenters. The van der Waals surface area contributed by atoms with Gasteiger partial charge in [-0.2, -0.15) is 5.10 Å². The number of hydrogen-bond donors (Lipinski definition) is 0. The van der Waals surface area contributed by atoms with Gasteiger partial charge in [-0.15, -0.1) is 0 Å². The summed E-state index contributed by atoms with van der Waals surface area (Å²) in [4.78, 5) is 29.4. The molecular formula is C17H21N5O3. The molecule has 0 aliphatic carbocycles. The van der Waals surface area contributed by atoms with Crippen LogP contribution in [0.4, 0.5) is 5.69 Å². The minimum atomic E-state index is -0.476. The van der Waals surface area contributed by atoms with Gasteiger partial charge in [0, 0.05) is 30.0 Å². The molecule has 3 rings (SSSR count). The number of aromatic nitrogens is 3. The van der Waals surface area contributed by atoms with E-state index in [0.717, 1.165) is 19.3 Å². The molecule has 2 aromatic heterocycles. The van der Waals surface area contributed by atoms with Crippen LogP contribution in [0.1, 0.15) is 33.1 Å². The standard InChI is InChI=1S/C17H21N5O3/c1-12-4-3-5-13(2)21(12)16(23)11-20-10-15(22(24)25)17(19-20)14-6-8-18-9-7-14/h6-10,12-13H,3-5,11H2,1-2H3/t12-,13-/m0/s1. The number of pyridine rings is 1. The average molecular weight is 343 g/mol. The van der Waals surface area contributed by atoms with Gasteiger partial charge in [0.1, 0.15) is 12.7 Å². The lowest BCUT2D eigenvalue weighted by Gasteiger charge is -2.39. The van der Waals surface area contributed by atoms with Gasteiger partial charge >= 0.3 is 5.69 Å². The Balaban J connectivity index is 1.86. The summed E-state index contributed by atoms with van der Waals surface area (Å²) >= 11 is 0. The fraction of sp³-hybridized carbons (Fsp3) is 0.471. The monoisotopic (exact) mass is 343 g/mol. The van der Waals surface area contributed by atoms with Gasteiger partial charge in [-0.3, -0.25) is 24.6 Å². The number of hydrogen-bond acceptors (Lipinski definition) is 5. The van der Waals surface area contributed by atoms with Crippen molar-refractivity contribution in [3.63, 3.8) is 0 Å². The second-order valence-electron chi connectivity index (χ2n) is 6.48. The number of likely N-dealkylation sites (tertiary alicyclic amines) is 1. The van der Waals surface area contributed by atoms with E-state index < -0.39 is 4.92 Å². The first-order chi connectivity index (χ1) is 12.0. The largest absolute Gasteiger partial charge is 0.336 e. The normalized spacial score (nSPS) is 20.5. The van der Waals surface area contributed by atoms with E-state index in [4.69, 9.17) is 0 Å². The summed E-state index contributed by atoms with van der Waals surface area (Å²) in [7, 11) is 0. The van der Waals surface area contributed by atoms with Crippen molar-refractivity contribution < 1.29 is 9.72 Å². The fourth-order valence-electron chi connectivity index (χ4n) is 3.47. The van der Waals surface area contributed by atoms with Crippen LogP contribution in [0, 0.1) is 10.1 Å². The zero-order valence-electron chi connectivity index (χ0n) is 14.3. The lowest BCUT2D eigenvalue weighted by molar-refractivity contribution is -0.384. The highest BCUT2D eigenvalue weighted by Crippen LogP contribution is 2.28. The third kappa shape index (κ3) is 3.52. The fourth-order valence-corrected chi connectivity index (χ4v) is 3.47. The molecule has 0 bridgehead atoms. The van der Waals surface area contributed by atoms with E-state index in [1.165, 1.54) is 10.9 Å². The molecule has 8 heteroatoms. The number of nitrogens with zero attached hydrogens (tertiary/aromatic N) is 5. The van der Waals surface area contributed by atoms with E-state index in [1.54, 1.807) is 24.5 Å². The molecule has 1 aliphatic heterocycles. The van der Waals surface area contributed by atoms with Gasteiger partial charge < -0.3 is 4.90 Å². The lowest BCUT2D eigenvalue weighted by Crippen LogP contribution is -2.48. The van der Waals surface area contributed by atoms with Gasteiger partial charge in [-0.05, 0) is 45.2 Å². The van der Waals surface area contributed by atoms with Crippen LogP contribution in [0.15, 0.2) is 30.7 Å². The third-order valence-corrected chi connectivity index (χ3v) is 4.67. The van der Waals surface area contributed by atoms with E-state index in [9.17, 15) is 14.9 Å². The molecule has 0 N–H and O–H groups in total. The number of nitro groups is 1. The summed E-state index contributed by atoms with van der Waals surface area (Å²) < 4.78 is 1.37. The predicted molar refractivity (Wildman–Crippen MR) is 91.7 cm³/mol. The molecule has 0 aromatic carbocycles. The second kappa shape index (κ2) is 7.00. The SMILES string of the molecule is C[C@H]1CCC[C@H](C)N1C(=O)Cn1cc([N+](=O)[O-])c(-c2ccncc2)n1. The summed E-state index contributed by atoms with van der Waals surface area (Å²) in [6.45, 7) is 4.09. The van der Waals surface area contributed by atoms with E-state index in [2.05, 4.69) is 10.1 Å². The van der Waals surface area contributed by atoms with Crippen molar-refractivity contribution in [1.29, 1.82) is 0 Å². The van der Waals surface area contributed by atoms with Crippen molar-refractivity contribution in [2.24, 2.45) is 0 Å². The highest BCUT2D eigenvalue weighted by atomic mass is 16.6. The van der Waals surface area contributed by atoms with Crippen LogP contribution in [0.5, 0.6) is 0 Å². The minimum absolute atomic E-state index is 0.000599. The summed E-state index contributed by atoms with van der Waals surface area (Å²) in [6.07, 6.45) is 7.52. The summed E-state index contributed by atoms with van der Waals surface area (Å²) in [5, 5.41) is 15.6. The van der Waals surface area contributed by atoms with Gasteiger partial charge in [0.2, 0.25) is 5.91 Å². The van der Waals surface area contributed by atoms with Gasteiger partial charge in [-0.25, -0.2) is 0 Å². The van der Waals surface area contributed by atoms with Crippen molar-refractivity contribution in [2.75, 3.05) is 0 Å². The van der Waals surface area contributed by atoms with Crippen molar-refractivity contribution >= 4 is 11.6 Å². The highest BCUT2D eigenvalue weighted by molar-refractivity contribution is 5.77. The molecule has 0 radical (unpaired) electrons. The topological polar surface area (TPSA) is 94.2 Å². The average Bonchev–Trinajstić information content (AvgIpc) is 2.99. The van der Waals surface area contributed by atoms with Crippen LogP contribution in [0.3, 0.4) is 0 Å². The quantitative estimate of drug-likeness (QED) is 0.628. The molecule has 3 heterocycles. The molecule has 2 aromatic rings. The van der Waals surface area contributed by atoms with Crippen molar-refractivity contribution in [2.45, 2.75) is 51.7 Å². The Morgan fingerprint density at radius 1 is 1.28 bits per heavy atom. The molecule has 1 aliphatic rings. The Morgan fingerprint density at radius 3 is 2.52 bits per heavy atom. The number of rotatable bonds is 4. The molecule has 0 saturated carbocycles. The summed E-state index contributed by atoms with van der Waals surface area (Å²) in [5.74, 6) is -0.0571. The molecule has 1 saturated heterocycles. The first kappa shape index (κ1) is 17.1. The van der Waals surface area contributed by atoms with Crippen LogP contribution in [-0.4, -0.2) is 42.6 Å². The van der Waals surface area contributed by atoms with Crippen LogP contribution in [-0.2, 0) is 11.3 Å². The zero-order chi connectivity index (χ0) is 18.0. The number of piperidine rings is 1. The van der Waals surface area contributed by atoms with Crippen molar-refractivity contribution in [1.82, 2.24) is 19.7 Å². The highest BCUT2D eigenvalue weighted by Gasteiger charge is 2.30. The Kier molecular flexibility index (Phi) is 4.78. The number of carbonyl (C=O) groups is 1. The first-order valence-electron chi connectivity index (χ1n) is 8.40. The molecule has 25 heavy (non-hydrogen) atoms. The maximum Gasteiger partial charge on any atom is 0.314 e. The number of amides is 1. The van der Waals surface area contributed by atoms with Crippen LogP contribution in [0.25, 0.3) is 11.3 Å². The Labute approximate surface area is 145 Å². The molecule has 2 atom stereocenters.